The zero-order valence-electron chi connectivity index (χ0n) is 14.4. The quantitative estimate of drug-likeness (QED) is 0.827. The minimum Gasteiger partial charge on any atom is -0.334 e. The van der Waals surface area contributed by atoms with Gasteiger partial charge in [-0.25, -0.2) is 8.42 Å². The van der Waals surface area contributed by atoms with Crippen LogP contribution in [0.15, 0.2) is 54.6 Å². The van der Waals surface area contributed by atoms with Gasteiger partial charge in [-0.15, -0.1) is 0 Å². The third-order valence-electron chi connectivity index (χ3n) is 4.69. The van der Waals surface area contributed by atoms with Crippen molar-refractivity contribution < 1.29 is 13.2 Å². The van der Waals surface area contributed by atoms with Gasteiger partial charge in [0.25, 0.3) is 5.91 Å². The van der Waals surface area contributed by atoms with Crippen molar-refractivity contribution in [1.82, 2.24) is 4.90 Å². The monoisotopic (exact) mass is 357 g/mol. The van der Waals surface area contributed by atoms with Gasteiger partial charge < -0.3 is 4.90 Å². The number of hydrogen-bond donors (Lipinski definition) is 0. The first-order valence-electron chi connectivity index (χ1n) is 8.56. The van der Waals surface area contributed by atoms with E-state index in [0.29, 0.717) is 18.5 Å². The van der Waals surface area contributed by atoms with Gasteiger partial charge in [-0.2, -0.15) is 0 Å². The highest BCUT2D eigenvalue weighted by Gasteiger charge is 2.34. The van der Waals surface area contributed by atoms with Gasteiger partial charge in [0, 0.05) is 18.2 Å². The number of amides is 1. The fourth-order valence-electron chi connectivity index (χ4n) is 3.23. The van der Waals surface area contributed by atoms with E-state index >= 15 is 0 Å². The van der Waals surface area contributed by atoms with Gasteiger partial charge >= 0.3 is 0 Å². The molecule has 0 bridgehead atoms. The SMILES string of the molecule is Cc1ccc(C(=O)N(CCc2ccccc2)C2CCS(=O)(=O)C2)cc1. The van der Waals surface area contributed by atoms with Crippen molar-refractivity contribution >= 4 is 15.7 Å². The molecule has 0 N–H and O–H groups in total. The topological polar surface area (TPSA) is 54.5 Å². The van der Waals surface area contributed by atoms with Crippen LogP contribution in [0.2, 0.25) is 0 Å². The number of hydrogen-bond acceptors (Lipinski definition) is 3. The van der Waals surface area contributed by atoms with E-state index in [2.05, 4.69) is 0 Å². The van der Waals surface area contributed by atoms with E-state index in [1.165, 1.54) is 0 Å². The summed E-state index contributed by atoms with van der Waals surface area (Å²) in [4.78, 5) is 14.8. The molecule has 1 saturated heterocycles. The average molecular weight is 357 g/mol. The summed E-state index contributed by atoms with van der Waals surface area (Å²) < 4.78 is 23.8. The Morgan fingerprint density at radius 1 is 1.08 bits per heavy atom. The van der Waals surface area contributed by atoms with Crippen molar-refractivity contribution in [3.63, 3.8) is 0 Å². The average Bonchev–Trinajstić information content (AvgIpc) is 2.96. The molecule has 1 aliphatic rings. The second-order valence-electron chi connectivity index (χ2n) is 6.66. The lowest BCUT2D eigenvalue weighted by Crippen LogP contribution is -2.42. The predicted octanol–water partition coefficient (Wildman–Crippen LogP) is 2.87. The van der Waals surface area contributed by atoms with E-state index in [9.17, 15) is 13.2 Å². The first kappa shape index (κ1) is 17.7. The third-order valence-corrected chi connectivity index (χ3v) is 6.44. The molecule has 3 rings (SSSR count). The highest BCUT2D eigenvalue weighted by molar-refractivity contribution is 7.91. The Hall–Kier alpha value is -2.14. The number of rotatable bonds is 5. The van der Waals surface area contributed by atoms with Crippen LogP contribution in [0.3, 0.4) is 0 Å². The van der Waals surface area contributed by atoms with E-state index in [4.69, 9.17) is 0 Å². The van der Waals surface area contributed by atoms with Crippen molar-refractivity contribution in [3.05, 3.63) is 71.3 Å². The maximum Gasteiger partial charge on any atom is 0.254 e. The van der Waals surface area contributed by atoms with Crippen LogP contribution >= 0.6 is 0 Å². The first-order valence-corrected chi connectivity index (χ1v) is 10.4. The van der Waals surface area contributed by atoms with Crippen molar-refractivity contribution in [2.45, 2.75) is 25.8 Å². The van der Waals surface area contributed by atoms with E-state index in [0.717, 1.165) is 17.5 Å². The Morgan fingerprint density at radius 2 is 1.76 bits per heavy atom. The molecule has 4 nitrogen and oxygen atoms in total. The van der Waals surface area contributed by atoms with Gasteiger partial charge in [-0.1, -0.05) is 48.0 Å². The van der Waals surface area contributed by atoms with Gasteiger partial charge in [0.2, 0.25) is 0 Å². The summed E-state index contributed by atoms with van der Waals surface area (Å²) in [6.45, 7) is 2.50. The molecule has 1 unspecified atom stereocenters. The van der Waals surface area contributed by atoms with Gasteiger partial charge in [-0.05, 0) is 37.5 Å². The summed E-state index contributed by atoms with van der Waals surface area (Å²) in [5.74, 6) is 0.151. The number of benzene rings is 2. The van der Waals surface area contributed by atoms with Crippen LogP contribution in [0, 0.1) is 6.92 Å². The summed E-state index contributed by atoms with van der Waals surface area (Å²) in [7, 11) is -3.04. The molecule has 0 saturated carbocycles. The van der Waals surface area contributed by atoms with Crippen LogP contribution in [0.4, 0.5) is 0 Å². The third kappa shape index (κ3) is 4.48. The summed E-state index contributed by atoms with van der Waals surface area (Å²) in [5.41, 5.74) is 2.85. The Labute approximate surface area is 149 Å². The molecule has 2 aromatic carbocycles. The Morgan fingerprint density at radius 3 is 2.36 bits per heavy atom. The Balaban J connectivity index is 1.80. The van der Waals surface area contributed by atoms with Crippen molar-refractivity contribution in [3.8, 4) is 0 Å². The number of sulfone groups is 1. The standard InChI is InChI=1S/C20H23NO3S/c1-16-7-9-18(10-8-16)20(22)21(19-12-14-25(23,24)15-19)13-11-17-5-3-2-4-6-17/h2-10,19H,11-15H2,1H3. The van der Waals surface area contributed by atoms with Gasteiger partial charge in [0.05, 0.1) is 11.5 Å². The first-order chi connectivity index (χ1) is 11.9. The maximum absolute atomic E-state index is 13.0. The van der Waals surface area contributed by atoms with Crippen molar-refractivity contribution in [2.75, 3.05) is 18.1 Å². The van der Waals surface area contributed by atoms with Crippen LogP contribution in [-0.2, 0) is 16.3 Å². The summed E-state index contributed by atoms with van der Waals surface area (Å²) in [5, 5.41) is 0. The van der Waals surface area contributed by atoms with Crippen molar-refractivity contribution in [2.24, 2.45) is 0 Å². The molecule has 1 fully saturated rings. The molecular weight excluding hydrogens is 334 g/mol. The van der Waals surface area contributed by atoms with Crippen LogP contribution < -0.4 is 0 Å². The molecule has 1 heterocycles. The zero-order valence-corrected chi connectivity index (χ0v) is 15.2. The van der Waals surface area contributed by atoms with E-state index in [1.54, 1.807) is 4.90 Å². The molecule has 0 aliphatic carbocycles. The predicted molar refractivity (Wildman–Crippen MR) is 99.4 cm³/mol. The minimum absolute atomic E-state index is 0.0688. The molecule has 1 amide bonds. The fourth-order valence-corrected chi connectivity index (χ4v) is 4.96. The lowest BCUT2D eigenvalue weighted by molar-refractivity contribution is 0.0699. The molecule has 132 valence electrons. The van der Waals surface area contributed by atoms with Gasteiger partial charge in [0.1, 0.15) is 0 Å². The molecule has 0 spiro atoms. The van der Waals surface area contributed by atoms with Crippen LogP contribution in [-0.4, -0.2) is 43.3 Å². The second-order valence-corrected chi connectivity index (χ2v) is 8.89. The van der Waals surface area contributed by atoms with Crippen LogP contribution in [0.1, 0.15) is 27.9 Å². The molecule has 2 aromatic rings. The highest BCUT2D eigenvalue weighted by Crippen LogP contribution is 2.21. The van der Waals surface area contributed by atoms with E-state index < -0.39 is 9.84 Å². The molecule has 5 heteroatoms. The number of aryl methyl sites for hydroxylation is 1. The van der Waals surface area contributed by atoms with E-state index in [1.807, 2.05) is 61.5 Å². The zero-order chi connectivity index (χ0) is 17.9. The fraction of sp³-hybridized carbons (Fsp3) is 0.350. The molecule has 0 aromatic heterocycles. The lowest BCUT2D eigenvalue weighted by atomic mass is 10.1. The Bertz CT molecular complexity index is 829. The lowest BCUT2D eigenvalue weighted by Gasteiger charge is -2.28. The smallest absolute Gasteiger partial charge is 0.254 e. The Kier molecular flexibility index (Phi) is 5.23. The van der Waals surface area contributed by atoms with Crippen LogP contribution in [0.5, 0.6) is 0 Å². The maximum atomic E-state index is 13.0. The molecule has 25 heavy (non-hydrogen) atoms. The summed E-state index contributed by atoms with van der Waals surface area (Å²) in [6.07, 6.45) is 1.24. The molecule has 0 radical (unpaired) electrons. The van der Waals surface area contributed by atoms with E-state index in [-0.39, 0.29) is 23.5 Å². The molecule has 1 aliphatic heterocycles. The van der Waals surface area contributed by atoms with Crippen LogP contribution in [0.25, 0.3) is 0 Å². The number of carbonyl (C=O) groups is 1. The van der Waals surface area contributed by atoms with Gasteiger partial charge in [-0.3, -0.25) is 4.79 Å². The van der Waals surface area contributed by atoms with Gasteiger partial charge in [0.15, 0.2) is 9.84 Å². The summed E-state index contributed by atoms with van der Waals surface area (Å²) >= 11 is 0. The highest BCUT2D eigenvalue weighted by atomic mass is 32.2. The normalized spacial score (nSPS) is 18.8. The number of carbonyl (C=O) groups excluding carboxylic acids is 1. The van der Waals surface area contributed by atoms with Crippen molar-refractivity contribution in [1.29, 1.82) is 0 Å². The summed E-state index contributed by atoms with van der Waals surface area (Å²) in [6, 6.07) is 17.2. The molecule has 1 atom stereocenters. The minimum atomic E-state index is -3.04. The molecular formula is C20H23NO3S. The largest absolute Gasteiger partial charge is 0.334 e. The number of nitrogens with zero attached hydrogens (tertiary/aromatic N) is 1. The second kappa shape index (κ2) is 7.40.